The number of rotatable bonds is 7. The van der Waals surface area contributed by atoms with Gasteiger partial charge >= 0.3 is 5.97 Å². The number of ether oxygens (including phenoxy) is 1. The van der Waals surface area contributed by atoms with Gasteiger partial charge in [-0.1, -0.05) is 6.92 Å². The molecule has 7 heteroatoms. The van der Waals surface area contributed by atoms with E-state index in [2.05, 4.69) is 0 Å². The number of carbonyl (C=O) groups excluding carboxylic acids is 1. The minimum absolute atomic E-state index is 0.0641. The second kappa shape index (κ2) is 7.54. The maximum atomic E-state index is 13.3. The van der Waals surface area contributed by atoms with Crippen LogP contribution >= 0.6 is 0 Å². The molecule has 0 amide bonds. The number of nitro groups is 1. The van der Waals surface area contributed by atoms with Crippen LogP contribution in [0.1, 0.15) is 19.4 Å². The van der Waals surface area contributed by atoms with Gasteiger partial charge in [-0.25, -0.2) is 4.39 Å². The minimum Gasteiger partial charge on any atom is -0.465 e. The second-order valence-electron chi connectivity index (χ2n) is 4.18. The average molecular weight is 284 g/mol. The van der Waals surface area contributed by atoms with Gasteiger partial charge in [-0.05, 0) is 25.1 Å². The molecule has 0 aliphatic heterocycles. The molecule has 1 aromatic carbocycles. The Bertz CT molecular complexity index is 493. The van der Waals surface area contributed by atoms with E-state index in [1.807, 2.05) is 6.92 Å². The average Bonchev–Trinajstić information content (AvgIpc) is 2.37. The van der Waals surface area contributed by atoms with Crippen LogP contribution in [0.3, 0.4) is 0 Å². The van der Waals surface area contributed by atoms with Crippen molar-refractivity contribution in [3.63, 3.8) is 0 Å². The van der Waals surface area contributed by atoms with Crippen LogP contribution in [0.15, 0.2) is 18.2 Å². The largest absolute Gasteiger partial charge is 0.465 e. The molecule has 0 aromatic heterocycles. The molecule has 0 aliphatic rings. The summed E-state index contributed by atoms with van der Waals surface area (Å²) < 4.78 is 18.1. The van der Waals surface area contributed by atoms with E-state index in [1.165, 1.54) is 12.1 Å². The summed E-state index contributed by atoms with van der Waals surface area (Å²) in [6, 6.07) is 3.39. The van der Waals surface area contributed by atoms with Gasteiger partial charge in [-0.3, -0.25) is 19.8 Å². The molecule has 0 heterocycles. The Morgan fingerprint density at radius 1 is 1.40 bits per heavy atom. The predicted molar refractivity (Wildman–Crippen MR) is 70.6 cm³/mol. The van der Waals surface area contributed by atoms with Crippen molar-refractivity contribution >= 4 is 11.7 Å². The first-order chi connectivity index (χ1) is 9.46. The van der Waals surface area contributed by atoms with Crippen molar-refractivity contribution in [3.05, 3.63) is 39.7 Å². The van der Waals surface area contributed by atoms with Crippen molar-refractivity contribution in [1.82, 2.24) is 4.90 Å². The highest BCUT2D eigenvalue weighted by molar-refractivity contribution is 5.71. The van der Waals surface area contributed by atoms with Crippen LogP contribution in [0.5, 0.6) is 0 Å². The summed E-state index contributed by atoms with van der Waals surface area (Å²) in [6.07, 6.45) is 0. The van der Waals surface area contributed by atoms with E-state index in [-0.39, 0.29) is 24.7 Å². The molecular formula is C13H17FN2O4. The zero-order chi connectivity index (χ0) is 15.1. The maximum Gasteiger partial charge on any atom is 0.320 e. The highest BCUT2D eigenvalue weighted by Crippen LogP contribution is 2.17. The topological polar surface area (TPSA) is 72.7 Å². The summed E-state index contributed by atoms with van der Waals surface area (Å²) in [5, 5.41) is 10.7. The van der Waals surface area contributed by atoms with Crippen LogP contribution in [-0.4, -0.2) is 35.5 Å². The van der Waals surface area contributed by atoms with Gasteiger partial charge in [-0.15, -0.1) is 0 Å². The third-order valence-electron chi connectivity index (χ3n) is 2.66. The van der Waals surface area contributed by atoms with Crippen molar-refractivity contribution in [3.8, 4) is 0 Å². The number of esters is 1. The Hall–Kier alpha value is -2.02. The van der Waals surface area contributed by atoms with Gasteiger partial charge in [0.25, 0.3) is 5.69 Å². The summed E-state index contributed by atoms with van der Waals surface area (Å²) in [5.74, 6) is -1.04. The molecule has 0 saturated heterocycles. The first-order valence-corrected chi connectivity index (χ1v) is 6.28. The van der Waals surface area contributed by atoms with Crippen molar-refractivity contribution in [2.75, 3.05) is 19.7 Å². The number of nitrogens with zero attached hydrogens (tertiary/aromatic N) is 2. The zero-order valence-corrected chi connectivity index (χ0v) is 11.5. The molecule has 0 radical (unpaired) electrons. The van der Waals surface area contributed by atoms with E-state index in [0.717, 1.165) is 6.07 Å². The van der Waals surface area contributed by atoms with Crippen LogP contribution in [0.4, 0.5) is 10.1 Å². The number of non-ortho nitro benzene ring substituents is 1. The van der Waals surface area contributed by atoms with Gasteiger partial charge in [0.2, 0.25) is 0 Å². The van der Waals surface area contributed by atoms with Gasteiger partial charge in [0.15, 0.2) is 0 Å². The minimum atomic E-state index is -0.665. The summed E-state index contributed by atoms with van der Waals surface area (Å²) in [6.45, 7) is 4.70. The molecule has 0 N–H and O–H groups in total. The van der Waals surface area contributed by atoms with Gasteiger partial charge in [0, 0.05) is 12.6 Å². The second-order valence-corrected chi connectivity index (χ2v) is 4.18. The fraction of sp³-hybridized carbons (Fsp3) is 0.462. The number of hydrogen-bond acceptors (Lipinski definition) is 5. The fourth-order valence-corrected chi connectivity index (χ4v) is 1.76. The van der Waals surface area contributed by atoms with E-state index in [9.17, 15) is 19.3 Å². The van der Waals surface area contributed by atoms with Gasteiger partial charge in [-0.2, -0.15) is 0 Å². The first-order valence-electron chi connectivity index (χ1n) is 6.28. The Labute approximate surface area is 116 Å². The summed E-state index contributed by atoms with van der Waals surface area (Å²) in [5.41, 5.74) is 0.148. The molecule has 0 spiro atoms. The number of hydrogen-bond donors (Lipinski definition) is 0. The quantitative estimate of drug-likeness (QED) is 0.435. The van der Waals surface area contributed by atoms with Crippen molar-refractivity contribution in [1.29, 1.82) is 0 Å². The molecule has 20 heavy (non-hydrogen) atoms. The molecule has 0 unspecified atom stereocenters. The normalized spacial score (nSPS) is 10.6. The predicted octanol–water partition coefficient (Wildman–Crippen LogP) is 2.12. The van der Waals surface area contributed by atoms with E-state index in [1.54, 1.807) is 11.8 Å². The van der Waals surface area contributed by atoms with Crippen LogP contribution in [0, 0.1) is 15.9 Å². The molecule has 6 nitrogen and oxygen atoms in total. The highest BCUT2D eigenvalue weighted by Gasteiger charge is 2.14. The molecule has 0 saturated carbocycles. The Balaban J connectivity index is 2.79. The number of benzene rings is 1. The monoisotopic (exact) mass is 284 g/mol. The summed E-state index contributed by atoms with van der Waals surface area (Å²) in [4.78, 5) is 23.1. The molecule has 0 bridgehead atoms. The number of likely N-dealkylation sites (N-methyl/N-ethyl adjacent to an activating group) is 1. The Morgan fingerprint density at radius 2 is 2.10 bits per heavy atom. The molecular weight excluding hydrogens is 267 g/mol. The zero-order valence-electron chi connectivity index (χ0n) is 11.5. The van der Waals surface area contributed by atoms with E-state index in [0.29, 0.717) is 18.7 Å². The van der Waals surface area contributed by atoms with Crippen LogP contribution in [0.25, 0.3) is 0 Å². The van der Waals surface area contributed by atoms with Gasteiger partial charge in [0.1, 0.15) is 5.82 Å². The smallest absolute Gasteiger partial charge is 0.320 e. The molecule has 0 atom stereocenters. The third kappa shape index (κ3) is 4.93. The third-order valence-corrected chi connectivity index (χ3v) is 2.66. The Morgan fingerprint density at radius 3 is 2.65 bits per heavy atom. The molecule has 110 valence electrons. The lowest BCUT2D eigenvalue weighted by Crippen LogP contribution is -2.30. The Kier molecular flexibility index (Phi) is 6.05. The lowest BCUT2D eigenvalue weighted by Gasteiger charge is -2.19. The molecule has 0 aliphatic carbocycles. The summed E-state index contributed by atoms with van der Waals surface area (Å²) >= 11 is 0. The molecule has 1 rings (SSSR count). The van der Waals surface area contributed by atoms with Gasteiger partial charge in [0.05, 0.1) is 24.1 Å². The molecule has 0 fully saturated rings. The molecule has 1 aromatic rings. The van der Waals surface area contributed by atoms with Crippen LogP contribution in [0.2, 0.25) is 0 Å². The number of nitro benzene ring substituents is 1. The van der Waals surface area contributed by atoms with Crippen molar-refractivity contribution in [2.24, 2.45) is 0 Å². The van der Waals surface area contributed by atoms with Crippen LogP contribution < -0.4 is 0 Å². The maximum absolute atomic E-state index is 13.3. The van der Waals surface area contributed by atoms with Gasteiger partial charge < -0.3 is 4.74 Å². The van der Waals surface area contributed by atoms with Crippen molar-refractivity contribution < 1.29 is 18.8 Å². The first kappa shape index (κ1) is 16.0. The van der Waals surface area contributed by atoms with E-state index in [4.69, 9.17) is 4.74 Å². The number of halogens is 1. The van der Waals surface area contributed by atoms with E-state index >= 15 is 0 Å². The fourth-order valence-electron chi connectivity index (χ4n) is 1.76. The standard InChI is InChI=1S/C13H17FN2O4/c1-3-15(9-13(17)20-4-2)8-10-5-11(14)7-12(6-10)16(18)19/h5-7H,3-4,8-9H2,1-2H3. The lowest BCUT2D eigenvalue weighted by atomic mass is 10.2. The SMILES string of the molecule is CCOC(=O)CN(CC)Cc1cc(F)cc([N+](=O)[O-])c1. The highest BCUT2D eigenvalue weighted by atomic mass is 19.1. The van der Waals surface area contributed by atoms with Crippen molar-refractivity contribution in [2.45, 2.75) is 20.4 Å². The summed E-state index contributed by atoms with van der Waals surface area (Å²) in [7, 11) is 0. The lowest BCUT2D eigenvalue weighted by molar-refractivity contribution is -0.385. The van der Waals surface area contributed by atoms with E-state index < -0.39 is 10.7 Å². The number of carbonyl (C=O) groups is 1. The van der Waals surface area contributed by atoms with Crippen LogP contribution in [-0.2, 0) is 16.1 Å².